The number of aliphatic imine (C=N–C) groups is 1. The van der Waals surface area contributed by atoms with Crippen molar-refractivity contribution >= 4 is 28.5 Å². The predicted octanol–water partition coefficient (Wildman–Crippen LogP) is 2.71. The molecule has 0 radical (unpaired) electrons. The van der Waals surface area contributed by atoms with Crippen LogP contribution < -0.4 is 11.2 Å². The number of ether oxygens (including phenoxy) is 1. The summed E-state index contributed by atoms with van der Waals surface area (Å²) in [6, 6.07) is 8.74. The van der Waals surface area contributed by atoms with Crippen molar-refractivity contribution in [3.63, 3.8) is 0 Å². The van der Waals surface area contributed by atoms with Gasteiger partial charge in [0.1, 0.15) is 21.5 Å². The highest BCUT2D eigenvalue weighted by atomic mass is 32.1. The summed E-state index contributed by atoms with van der Waals surface area (Å²) in [6.45, 7) is 5.32. The van der Waals surface area contributed by atoms with E-state index in [1.165, 1.54) is 0 Å². The second-order valence-corrected chi connectivity index (χ2v) is 7.49. The fourth-order valence-corrected chi connectivity index (χ4v) is 3.82. The van der Waals surface area contributed by atoms with Gasteiger partial charge in [0.25, 0.3) is 5.56 Å². The Hall–Kier alpha value is -3.97. The molecule has 0 aliphatic rings. The fourth-order valence-electron chi connectivity index (χ4n) is 2.82. The molecule has 0 amide bonds. The fraction of sp³-hybridized carbons (Fsp3) is 0.190. The summed E-state index contributed by atoms with van der Waals surface area (Å²) in [5.74, 6) is -1.17. The Morgan fingerprint density at radius 2 is 2.00 bits per heavy atom. The summed E-state index contributed by atoms with van der Waals surface area (Å²) < 4.78 is 5.93. The molecule has 10 heteroatoms. The lowest BCUT2D eigenvalue weighted by molar-refractivity contribution is 0.0531. The molecule has 31 heavy (non-hydrogen) atoms. The molecule has 0 aliphatic carbocycles. The van der Waals surface area contributed by atoms with Gasteiger partial charge in [0.05, 0.1) is 17.9 Å². The predicted molar refractivity (Wildman–Crippen MR) is 116 cm³/mol. The van der Waals surface area contributed by atoms with Gasteiger partial charge in [-0.2, -0.15) is 5.26 Å². The Balaban J connectivity index is 2.11. The van der Waals surface area contributed by atoms with Gasteiger partial charge in [0, 0.05) is 6.21 Å². The summed E-state index contributed by atoms with van der Waals surface area (Å²) >= 11 is 0.938. The Kier molecular flexibility index (Phi) is 6.17. The van der Waals surface area contributed by atoms with E-state index in [0.717, 1.165) is 27.7 Å². The summed E-state index contributed by atoms with van der Waals surface area (Å²) in [4.78, 5) is 43.2. The van der Waals surface area contributed by atoms with Crippen LogP contribution in [0.1, 0.15) is 38.8 Å². The third-order valence-corrected chi connectivity index (χ3v) is 5.60. The first-order valence-corrected chi connectivity index (χ1v) is 10.00. The first-order chi connectivity index (χ1) is 14.8. The number of aromatic amines is 1. The van der Waals surface area contributed by atoms with Crippen molar-refractivity contribution in [3.8, 4) is 17.6 Å². The van der Waals surface area contributed by atoms with Crippen LogP contribution in [-0.2, 0) is 4.74 Å². The monoisotopic (exact) mass is 438 g/mol. The van der Waals surface area contributed by atoms with E-state index < -0.39 is 23.1 Å². The Morgan fingerprint density at radius 1 is 1.32 bits per heavy atom. The van der Waals surface area contributed by atoms with Crippen molar-refractivity contribution < 1.29 is 14.6 Å². The summed E-state index contributed by atoms with van der Waals surface area (Å²) in [7, 11) is 0. The van der Waals surface area contributed by atoms with Gasteiger partial charge in [-0.05, 0) is 38.5 Å². The van der Waals surface area contributed by atoms with Gasteiger partial charge in [-0.1, -0.05) is 17.7 Å². The number of aromatic nitrogens is 2. The molecule has 158 valence electrons. The number of H-pyrrole nitrogens is 1. The molecule has 0 saturated heterocycles. The van der Waals surface area contributed by atoms with E-state index >= 15 is 0 Å². The minimum atomic E-state index is -0.841. The molecule has 0 atom stereocenters. The highest BCUT2D eigenvalue weighted by Crippen LogP contribution is 2.35. The van der Waals surface area contributed by atoms with Gasteiger partial charge >= 0.3 is 11.7 Å². The number of nitrogens with zero attached hydrogens (tertiary/aromatic N) is 3. The number of nitrogens with one attached hydrogen (secondary N) is 1. The zero-order valence-corrected chi connectivity index (χ0v) is 17.7. The molecule has 2 aromatic heterocycles. The molecule has 2 N–H and O–H groups in total. The molecule has 0 aliphatic heterocycles. The van der Waals surface area contributed by atoms with E-state index in [1.54, 1.807) is 38.1 Å². The van der Waals surface area contributed by atoms with E-state index in [-0.39, 0.29) is 27.6 Å². The Labute approximate surface area is 180 Å². The number of rotatable bonds is 5. The highest BCUT2D eigenvalue weighted by Gasteiger charge is 2.21. The molecule has 0 saturated carbocycles. The first-order valence-electron chi connectivity index (χ1n) is 9.18. The largest absolute Gasteiger partial charge is 0.493 e. The standard InChI is InChI=1S/C21H18N4O5S/c1-4-30-20(28)16-12(3)14(9-22)18(31-16)23-10-15-17(26)24-21(29)25(19(15)27)13-7-5-11(2)6-8-13/h5-8,10,27H,4H2,1-3H3,(H,24,26,29)/b23-10+. The number of hydrogen-bond donors (Lipinski definition) is 2. The third-order valence-electron chi connectivity index (χ3n) is 4.42. The van der Waals surface area contributed by atoms with Crippen molar-refractivity contribution in [2.75, 3.05) is 6.61 Å². The molecule has 3 aromatic rings. The molecule has 3 rings (SSSR count). The normalized spacial score (nSPS) is 10.9. The number of benzene rings is 1. The van der Waals surface area contributed by atoms with Crippen molar-refractivity contribution in [3.05, 3.63) is 72.2 Å². The zero-order valence-electron chi connectivity index (χ0n) is 16.9. The van der Waals surface area contributed by atoms with E-state index in [4.69, 9.17) is 4.74 Å². The molecule has 0 unspecified atom stereocenters. The number of aryl methyl sites for hydroxylation is 1. The lowest BCUT2D eigenvalue weighted by Crippen LogP contribution is -2.31. The molecular weight excluding hydrogens is 420 g/mol. The number of carbonyl (C=O) groups is 1. The topological polar surface area (TPSA) is 138 Å². The van der Waals surface area contributed by atoms with Crippen molar-refractivity contribution in [1.82, 2.24) is 9.55 Å². The van der Waals surface area contributed by atoms with Gasteiger partial charge in [0.2, 0.25) is 5.88 Å². The highest BCUT2D eigenvalue weighted by molar-refractivity contribution is 7.18. The third kappa shape index (κ3) is 4.17. The SMILES string of the molecule is CCOC(=O)c1sc(/N=C/c2c(O)n(-c3ccc(C)cc3)c(=O)[nH]c2=O)c(C#N)c1C. The minimum absolute atomic E-state index is 0.159. The smallest absolute Gasteiger partial charge is 0.348 e. The van der Waals surface area contributed by atoms with Gasteiger partial charge in [-0.3, -0.25) is 9.78 Å². The van der Waals surface area contributed by atoms with Crippen molar-refractivity contribution in [2.24, 2.45) is 4.99 Å². The quantitative estimate of drug-likeness (QED) is 0.464. The average Bonchev–Trinajstić information content (AvgIpc) is 3.04. The van der Waals surface area contributed by atoms with Crippen molar-refractivity contribution in [1.29, 1.82) is 5.26 Å². The maximum atomic E-state index is 12.3. The zero-order chi connectivity index (χ0) is 22.7. The lowest BCUT2D eigenvalue weighted by Gasteiger charge is -2.09. The number of thiophene rings is 1. The summed E-state index contributed by atoms with van der Waals surface area (Å²) in [5.41, 5.74) is -0.0317. The van der Waals surface area contributed by atoms with Crippen LogP contribution >= 0.6 is 11.3 Å². The first kappa shape index (κ1) is 21.7. The average molecular weight is 438 g/mol. The van der Waals surface area contributed by atoms with Gasteiger partial charge in [-0.25, -0.2) is 19.1 Å². The number of hydrogen-bond acceptors (Lipinski definition) is 8. The molecule has 1 aromatic carbocycles. The number of aromatic hydroxyl groups is 1. The summed E-state index contributed by atoms with van der Waals surface area (Å²) in [5, 5.41) is 20.2. The van der Waals surface area contributed by atoms with Crippen LogP contribution in [0.2, 0.25) is 0 Å². The van der Waals surface area contributed by atoms with Crippen LogP contribution in [0.25, 0.3) is 5.69 Å². The maximum absolute atomic E-state index is 12.3. The van der Waals surface area contributed by atoms with Gasteiger partial charge in [0.15, 0.2) is 0 Å². The van der Waals surface area contributed by atoms with E-state index in [0.29, 0.717) is 11.3 Å². The Morgan fingerprint density at radius 3 is 2.61 bits per heavy atom. The van der Waals surface area contributed by atoms with Crippen LogP contribution in [0.3, 0.4) is 0 Å². The van der Waals surface area contributed by atoms with Crippen molar-refractivity contribution in [2.45, 2.75) is 20.8 Å². The van der Waals surface area contributed by atoms with Gasteiger partial charge < -0.3 is 9.84 Å². The van der Waals surface area contributed by atoms with Crippen LogP contribution in [0, 0.1) is 25.2 Å². The minimum Gasteiger partial charge on any atom is -0.493 e. The van der Waals surface area contributed by atoms with Crippen LogP contribution in [-0.4, -0.2) is 33.4 Å². The molecule has 2 heterocycles. The van der Waals surface area contributed by atoms with Crippen LogP contribution in [0.4, 0.5) is 5.00 Å². The number of nitriles is 1. The van der Waals surface area contributed by atoms with E-state index in [9.17, 15) is 24.8 Å². The number of carbonyl (C=O) groups excluding carboxylic acids is 1. The van der Waals surface area contributed by atoms with E-state index in [1.807, 2.05) is 13.0 Å². The molecule has 9 nitrogen and oxygen atoms in total. The van der Waals surface area contributed by atoms with Crippen LogP contribution in [0.5, 0.6) is 5.88 Å². The van der Waals surface area contributed by atoms with Gasteiger partial charge in [-0.15, -0.1) is 11.3 Å². The van der Waals surface area contributed by atoms with E-state index in [2.05, 4.69) is 9.98 Å². The Bertz CT molecular complexity index is 1340. The second kappa shape index (κ2) is 8.81. The van der Waals surface area contributed by atoms with Crippen LogP contribution in [0.15, 0.2) is 38.8 Å². The molecular formula is C21H18N4O5S. The molecule has 0 bridgehead atoms. The molecule has 0 spiro atoms. The summed E-state index contributed by atoms with van der Waals surface area (Å²) in [6.07, 6.45) is 1.05. The maximum Gasteiger partial charge on any atom is 0.348 e. The number of esters is 1. The second-order valence-electron chi connectivity index (χ2n) is 6.49. The lowest BCUT2D eigenvalue weighted by atomic mass is 10.2. The molecule has 0 fully saturated rings.